The fraction of sp³-hybridized carbons (Fsp3) is 0.500. The van der Waals surface area contributed by atoms with Crippen LogP contribution in [0.2, 0.25) is 0 Å². The molecule has 0 radical (unpaired) electrons. The molecule has 2 rings (SSSR count). The Hall–Kier alpha value is -0.870. The van der Waals surface area contributed by atoms with Crippen LogP contribution in [-0.2, 0) is 4.79 Å². The molecular weight excluding hydrogens is 253 g/mol. The molecule has 1 aliphatic carbocycles. The number of carbonyl (C=O) groups is 1. The Morgan fingerprint density at radius 3 is 2.75 bits per heavy atom. The lowest BCUT2D eigenvalue weighted by atomic mass is 9.76. The van der Waals surface area contributed by atoms with Crippen molar-refractivity contribution in [2.24, 2.45) is 5.92 Å². The van der Waals surface area contributed by atoms with Crippen LogP contribution in [-0.4, -0.2) is 27.5 Å². The number of rotatable bonds is 0. The third-order valence-corrected chi connectivity index (χ3v) is 3.92. The van der Waals surface area contributed by atoms with Crippen LogP contribution in [0.3, 0.4) is 0 Å². The molecule has 0 aromatic heterocycles. The maximum Gasteiger partial charge on any atom is 0.249 e. The van der Waals surface area contributed by atoms with Gasteiger partial charge >= 0.3 is 0 Å². The van der Waals surface area contributed by atoms with Gasteiger partial charge in [-0.25, -0.2) is 0 Å². The van der Waals surface area contributed by atoms with E-state index in [0.29, 0.717) is 13.0 Å². The fourth-order valence-corrected chi connectivity index (χ4v) is 2.77. The number of hydrogen-bond acceptors (Lipinski definition) is 3. The third kappa shape index (κ3) is 1.40. The molecule has 0 saturated carbocycles. The van der Waals surface area contributed by atoms with Crippen LogP contribution in [0.25, 0.3) is 0 Å². The quantitative estimate of drug-likeness (QED) is 0.586. The van der Waals surface area contributed by atoms with E-state index in [1.165, 1.54) is 0 Å². The van der Waals surface area contributed by atoms with E-state index in [-0.39, 0.29) is 28.2 Å². The van der Waals surface area contributed by atoms with E-state index in [0.717, 1.165) is 0 Å². The summed E-state index contributed by atoms with van der Waals surface area (Å²) in [5, 5.41) is 21.9. The zero-order valence-corrected chi connectivity index (χ0v) is 10.1. The van der Waals surface area contributed by atoms with Crippen molar-refractivity contribution in [3.63, 3.8) is 0 Å². The summed E-state index contributed by atoms with van der Waals surface area (Å²) in [7, 11) is 0. The summed E-state index contributed by atoms with van der Waals surface area (Å²) in [6, 6.07) is 0. The highest BCUT2D eigenvalue weighted by Crippen LogP contribution is 2.47. The Bertz CT molecular complexity index is 426. The number of aliphatic hydroxyl groups excluding tert-OH is 2. The fourth-order valence-electron chi connectivity index (χ4n) is 2.15. The summed E-state index contributed by atoms with van der Waals surface area (Å²) >= 11 is 12.0. The molecule has 1 saturated heterocycles. The van der Waals surface area contributed by atoms with Gasteiger partial charge in [0.25, 0.3) is 0 Å². The zero-order valence-electron chi connectivity index (χ0n) is 8.55. The van der Waals surface area contributed by atoms with Gasteiger partial charge in [-0.15, -0.1) is 11.6 Å². The van der Waals surface area contributed by atoms with E-state index in [4.69, 9.17) is 23.2 Å². The minimum atomic E-state index is -1.18. The van der Waals surface area contributed by atoms with Gasteiger partial charge in [0, 0.05) is 18.0 Å². The van der Waals surface area contributed by atoms with Crippen molar-refractivity contribution >= 4 is 29.1 Å². The predicted molar refractivity (Wildman–Crippen MR) is 60.5 cm³/mol. The number of nitrogens with one attached hydrogen (secondary N) is 1. The van der Waals surface area contributed by atoms with Crippen LogP contribution in [0.15, 0.2) is 22.1 Å². The molecule has 6 heteroatoms. The number of aliphatic hydroxyl groups is 2. The number of piperidine rings is 1. The maximum absolute atomic E-state index is 11.7. The van der Waals surface area contributed by atoms with Crippen LogP contribution < -0.4 is 5.32 Å². The number of amides is 1. The summed E-state index contributed by atoms with van der Waals surface area (Å²) in [5.74, 6) is -1.61. The first-order chi connectivity index (χ1) is 7.37. The van der Waals surface area contributed by atoms with E-state index >= 15 is 0 Å². The van der Waals surface area contributed by atoms with Crippen LogP contribution in [0.1, 0.15) is 13.3 Å². The van der Waals surface area contributed by atoms with Gasteiger partial charge in [-0.2, -0.15) is 0 Å². The highest BCUT2D eigenvalue weighted by atomic mass is 35.5. The van der Waals surface area contributed by atoms with E-state index in [2.05, 4.69) is 5.32 Å². The average Bonchev–Trinajstić information content (AvgIpc) is 2.24. The number of halogens is 2. The zero-order chi connectivity index (χ0) is 12.1. The second kappa shape index (κ2) is 3.57. The molecule has 2 atom stereocenters. The van der Waals surface area contributed by atoms with Crippen molar-refractivity contribution in [2.75, 3.05) is 6.54 Å². The molecule has 2 unspecified atom stereocenters. The first-order valence-corrected chi connectivity index (χ1v) is 5.62. The standard InChI is InChI=1S/C10H11Cl2NO3/c1-10(12)4-2-3-13-9(16)5(4)6(11)7(14)8(10)15/h4,14-15H,2-3H2,1H3,(H,13,16). The van der Waals surface area contributed by atoms with E-state index < -0.39 is 10.6 Å². The second-order valence-electron chi connectivity index (χ2n) is 4.10. The molecule has 0 aromatic rings. The predicted octanol–water partition coefficient (Wildman–Crippen LogP) is 1.95. The number of carbonyl (C=O) groups excluding carboxylic acids is 1. The minimum absolute atomic E-state index is 0.113. The SMILES string of the molecule is CC1(Cl)C(O)=C(O)C(Cl)=C2C(=O)NCCC21. The van der Waals surface area contributed by atoms with Gasteiger partial charge in [0.2, 0.25) is 5.91 Å². The molecular formula is C10H11Cl2NO3. The van der Waals surface area contributed by atoms with Crippen LogP contribution in [0.4, 0.5) is 0 Å². The topological polar surface area (TPSA) is 69.6 Å². The molecule has 1 amide bonds. The van der Waals surface area contributed by atoms with Crippen LogP contribution in [0, 0.1) is 5.92 Å². The monoisotopic (exact) mass is 263 g/mol. The minimum Gasteiger partial charge on any atom is -0.507 e. The molecule has 1 aliphatic heterocycles. The number of alkyl halides is 1. The van der Waals surface area contributed by atoms with E-state index in [1.807, 2.05) is 0 Å². The first-order valence-electron chi connectivity index (χ1n) is 4.87. The lowest BCUT2D eigenvalue weighted by Crippen LogP contribution is -2.47. The van der Waals surface area contributed by atoms with Crippen molar-refractivity contribution in [3.8, 4) is 0 Å². The number of hydrogen-bond donors (Lipinski definition) is 3. The molecule has 0 aromatic carbocycles. The van der Waals surface area contributed by atoms with Crippen molar-refractivity contribution in [3.05, 3.63) is 22.1 Å². The summed E-state index contributed by atoms with van der Waals surface area (Å²) in [6.07, 6.45) is 0.578. The van der Waals surface area contributed by atoms with Gasteiger partial charge in [0.05, 0.1) is 5.03 Å². The van der Waals surface area contributed by atoms with Crippen molar-refractivity contribution < 1.29 is 15.0 Å². The van der Waals surface area contributed by atoms with Crippen LogP contribution >= 0.6 is 23.2 Å². The summed E-state index contributed by atoms with van der Waals surface area (Å²) < 4.78 is 0. The number of fused-ring (bicyclic) bond motifs is 1. The maximum atomic E-state index is 11.7. The molecule has 3 N–H and O–H groups in total. The first kappa shape index (κ1) is 11.6. The molecule has 0 bridgehead atoms. The Morgan fingerprint density at radius 2 is 2.12 bits per heavy atom. The molecule has 16 heavy (non-hydrogen) atoms. The summed E-state index contributed by atoms with van der Waals surface area (Å²) in [6.45, 7) is 2.04. The normalized spacial score (nSPS) is 34.9. The lowest BCUT2D eigenvalue weighted by molar-refractivity contribution is -0.119. The smallest absolute Gasteiger partial charge is 0.249 e. The van der Waals surface area contributed by atoms with Crippen molar-refractivity contribution in [1.29, 1.82) is 0 Å². The number of allylic oxidation sites excluding steroid dienone is 2. The molecule has 1 heterocycles. The Kier molecular flexibility index (Phi) is 2.59. The van der Waals surface area contributed by atoms with Gasteiger partial charge in [-0.3, -0.25) is 4.79 Å². The highest BCUT2D eigenvalue weighted by molar-refractivity contribution is 6.35. The van der Waals surface area contributed by atoms with Gasteiger partial charge in [0.15, 0.2) is 11.5 Å². The Labute approximate surface area is 103 Å². The van der Waals surface area contributed by atoms with Crippen molar-refractivity contribution in [1.82, 2.24) is 5.32 Å². The molecule has 4 nitrogen and oxygen atoms in total. The van der Waals surface area contributed by atoms with Gasteiger partial charge in [-0.05, 0) is 13.3 Å². The average molecular weight is 264 g/mol. The molecule has 88 valence electrons. The highest BCUT2D eigenvalue weighted by Gasteiger charge is 2.48. The van der Waals surface area contributed by atoms with Gasteiger partial charge < -0.3 is 15.5 Å². The van der Waals surface area contributed by atoms with Gasteiger partial charge in [-0.1, -0.05) is 11.6 Å². The van der Waals surface area contributed by atoms with E-state index in [9.17, 15) is 15.0 Å². The molecule has 1 fully saturated rings. The van der Waals surface area contributed by atoms with Crippen molar-refractivity contribution in [2.45, 2.75) is 18.2 Å². The van der Waals surface area contributed by atoms with E-state index in [1.54, 1.807) is 6.92 Å². The van der Waals surface area contributed by atoms with Crippen LogP contribution in [0.5, 0.6) is 0 Å². The second-order valence-corrected chi connectivity index (χ2v) is 5.26. The Balaban J connectivity index is 2.62. The summed E-state index contributed by atoms with van der Waals surface area (Å²) in [4.78, 5) is 10.5. The molecule has 0 spiro atoms. The lowest BCUT2D eigenvalue weighted by Gasteiger charge is -2.39. The Morgan fingerprint density at radius 1 is 1.50 bits per heavy atom. The summed E-state index contributed by atoms with van der Waals surface area (Å²) in [5.41, 5.74) is 0.251. The largest absolute Gasteiger partial charge is 0.507 e. The van der Waals surface area contributed by atoms with Gasteiger partial charge in [0.1, 0.15) is 4.87 Å². The third-order valence-electron chi connectivity index (χ3n) is 3.10. The molecule has 2 aliphatic rings.